The molecule has 0 heterocycles. The predicted molar refractivity (Wildman–Crippen MR) is 31.2 cm³/mol. The number of alkyl halides is 3. The van der Waals surface area contributed by atoms with Crippen molar-refractivity contribution in [2.75, 3.05) is 7.05 Å². The second-order valence-corrected chi connectivity index (χ2v) is 2.00. The third kappa shape index (κ3) is 4.60. The number of hydrogen-bond acceptors (Lipinski definition) is 2. The van der Waals surface area contributed by atoms with Gasteiger partial charge in [0.25, 0.3) is 0 Å². The minimum Gasteiger partial charge on any atom is -0.480 e. The van der Waals surface area contributed by atoms with Gasteiger partial charge >= 0.3 is 12.1 Å². The third-order valence-electron chi connectivity index (χ3n) is 1.08. The molecule has 0 amide bonds. The monoisotopic (exact) mass is 171 g/mol. The van der Waals surface area contributed by atoms with Gasteiger partial charge in [-0.2, -0.15) is 13.2 Å². The lowest BCUT2D eigenvalue weighted by atomic mass is 10.2. The topological polar surface area (TPSA) is 49.3 Å². The summed E-state index contributed by atoms with van der Waals surface area (Å²) in [4.78, 5) is 10.0. The van der Waals surface area contributed by atoms with Crippen LogP contribution < -0.4 is 5.32 Å². The van der Waals surface area contributed by atoms with Crippen LogP contribution in [0, 0.1) is 0 Å². The number of aliphatic carboxylic acids is 1. The van der Waals surface area contributed by atoms with Gasteiger partial charge in [0.15, 0.2) is 0 Å². The highest BCUT2D eigenvalue weighted by Gasteiger charge is 2.34. The van der Waals surface area contributed by atoms with Crippen LogP contribution in [0.2, 0.25) is 0 Å². The molecule has 0 rings (SSSR count). The van der Waals surface area contributed by atoms with Crippen molar-refractivity contribution in [2.45, 2.75) is 18.6 Å². The molecule has 11 heavy (non-hydrogen) atoms. The fourth-order valence-electron chi connectivity index (χ4n) is 0.544. The number of halogens is 3. The molecule has 0 fully saturated rings. The van der Waals surface area contributed by atoms with Crippen molar-refractivity contribution in [3.05, 3.63) is 0 Å². The van der Waals surface area contributed by atoms with E-state index in [4.69, 9.17) is 5.11 Å². The van der Waals surface area contributed by atoms with E-state index in [1.807, 2.05) is 5.32 Å². The van der Waals surface area contributed by atoms with E-state index in [0.717, 1.165) is 0 Å². The van der Waals surface area contributed by atoms with E-state index in [9.17, 15) is 18.0 Å². The zero-order valence-corrected chi connectivity index (χ0v) is 5.77. The second-order valence-electron chi connectivity index (χ2n) is 2.00. The highest BCUT2D eigenvalue weighted by Crippen LogP contribution is 2.21. The Morgan fingerprint density at radius 2 is 2.09 bits per heavy atom. The van der Waals surface area contributed by atoms with Crippen LogP contribution in [0.1, 0.15) is 6.42 Å². The SMILES string of the molecule is CN[C@H](CC(F)(F)F)C(=O)O. The normalized spacial score (nSPS) is 14.5. The molecule has 1 atom stereocenters. The van der Waals surface area contributed by atoms with Gasteiger partial charge in [-0.15, -0.1) is 0 Å². The molecule has 0 unspecified atom stereocenters. The molecule has 0 radical (unpaired) electrons. The minimum atomic E-state index is -4.44. The molecule has 0 aromatic heterocycles. The van der Waals surface area contributed by atoms with Gasteiger partial charge in [-0.1, -0.05) is 0 Å². The van der Waals surface area contributed by atoms with Crippen LogP contribution in [-0.4, -0.2) is 30.3 Å². The average Bonchev–Trinajstić information content (AvgIpc) is 1.80. The fourth-order valence-corrected chi connectivity index (χ4v) is 0.544. The largest absolute Gasteiger partial charge is 0.480 e. The lowest BCUT2D eigenvalue weighted by Gasteiger charge is -2.12. The Labute approximate surface area is 61.2 Å². The van der Waals surface area contributed by atoms with Gasteiger partial charge in [0.05, 0.1) is 6.42 Å². The highest BCUT2D eigenvalue weighted by molar-refractivity contribution is 5.73. The maximum Gasteiger partial charge on any atom is 0.391 e. The number of carbonyl (C=O) groups is 1. The molecular formula is C5H8F3NO2. The lowest BCUT2D eigenvalue weighted by Crippen LogP contribution is -2.37. The van der Waals surface area contributed by atoms with Crippen LogP contribution in [-0.2, 0) is 4.79 Å². The van der Waals surface area contributed by atoms with Crippen LogP contribution in [0.3, 0.4) is 0 Å². The molecule has 0 saturated heterocycles. The van der Waals surface area contributed by atoms with Crippen LogP contribution in [0.4, 0.5) is 13.2 Å². The van der Waals surface area contributed by atoms with Crippen molar-refractivity contribution >= 4 is 5.97 Å². The van der Waals surface area contributed by atoms with E-state index < -0.39 is 24.6 Å². The second kappa shape index (κ2) is 3.56. The van der Waals surface area contributed by atoms with Crippen molar-refractivity contribution in [3.8, 4) is 0 Å². The van der Waals surface area contributed by atoms with Crippen molar-refractivity contribution < 1.29 is 23.1 Å². The summed E-state index contributed by atoms with van der Waals surface area (Å²) in [5.74, 6) is -1.50. The number of carboxylic acids is 1. The zero-order valence-electron chi connectivity index (χ0n) is 5.77. The third-order valence-corrected chi connectivity index (χ3v) is 1.08. The summed E-state index contributed by atoms with van der Waals surface area (Å²) in [5, 5.41) is 10.2. The first-order valence-electron chi connectivity index (χ1n) is 2.83. The molecule has 6 heteroatoms. The molecule has 0 aliphatic carbocycles. The smallest absolute Gasteiger partial charge is 0.391 e. The predicted octanol–water partition coefficient (Wildman–Crippen LogP) is 0.611. The van der Waals surface area contributed by atoms with E-state index in [0.29, 0.717) is 0 Å². The van der Waals surface area contributed by atoms with E-state index >= 15 is 0 Å². The van der Waals surface area contributed by atoms with Gasteiger partial charge < -0.3 is 10.4 Å². The first-order chi connectivity index (χ1) is 4.87. The number of hydrogen-bond donors (Lipinski definition) is 2. The van der Waals surface area contributed by atoms with Gasteiger partial charge in [-0.05, 0) is 7.05 Å². The molecule has 0 aliphatic rings. The van der Waals surface area contributed by atoms with Crippen LogP contribution >= 0.6 is 0 Å². The lowest BCUT2D eigenvalue weighted by molar-refractivity contribution is -0.158. The summed E-state index contributed by atoms with van der Waals surface area (Å²) in [6.45, 7) is 0. The van der Waals surface area contributed by atoms with E-state index in [2.05, 4.69) is 0 Å². The summed E-state index contributed by atoms with van der Waals surface area (Å²) >= 11 is 0. The van der Waals surface area contributed by atoms with Gasteiger partial charge in [-0.3, -0.25) is 4.79 Å². The highest BCUT2D eigenvalue weighted by atomic mass is 19.4. The van der Waals surface area contributed by atoms with Crippen molar-refractivity contribution in [1.82, 2.24) is 5.32 Å². The molecule has 3 nitrogen and oxygen atoms in total. The number of carboxylic acid groups (broad SMARTS) is 1. The van der Waals surface area contributed by atoms with Crippen molar-refractivity contribution in [2.24, 2.45) is 0 Å². The standard InChI is InChI=1S/C5H8F3NO2/c1-9-3(4(10)11)2-5(6,7)8/h3,9H,2H2,1H3,(H,10,11)/t3-/m1/s1. The van der Waals surface area contributed by atoms with Crippen LogP contribution in [0.15, 0.2) is 0 Å². The van der Waals surface area contributed by atoms with Crippen molar-refractivity contribution in [3.63, 3.8) is 0 Å². The van der Waals surface area contributed by atoms with E-state index in [1.165, 1.54) is 7.05 Å². The van der Waals surface area contributed by atoms with Gasteiger partial charge in [0.1, 0.15) is 6.04 Å². The molecule has 0 bridgehead atoms. The molecule has 0 aromatic carbocycles. The maximum absolute atomic E-state index is 11.5. The zero-order chi connectivity index (χ0) is 9.07. The van der Waals surface area contributed by atoms with Gasteiger partial charge in [0.2, 0.25) is 0 Å². The van der Waals surface area contributed by atoms with Gasteiger partial charge in [0, 0.05) is 0 Å². The molecular weight excluding hydrogens is 163 g/mol. The maximum atomic E-state index is 11.5. The van der Waals surface area contributed by atoms with Crippen molar-refractivity contribution in [1.29, 1.82) is 0 Å². The molecule has 0 aromatic rings. The Hall–Kier alpha value is -0.780. The summed E-state index contributed by atoms with van der Waals surface area (Å²) in [6, 6.07) is -1.55. The first-order valence-corrected chi connectivity index (χ1v) is 2.83. The minimum absolute atomic E-state index is 1.17. The Bertz CT molecular complexity index is 145. The molecule has 0 spiro atoms. The van der Waals surface area contributed by atoms with Gasteiger partial charge in [-0.25, -0.2) is 0 Å². The molecule has 2 N–H and O–H groups in total. The van der Waals surface area contributed by atoms with E-state index in [1.54, 1.807) is 0 Å². The number of rotatable bonds is 3. The summed E-state index contributed by atoms with van der Waals surface area (Å²) in [5.41, 5.74) is 0. The Morgan fingerprint density at radius 1 is 1.64 bits per heavy atom. The Kier molecular flexibility index (Phi) is 3.31. The molecule has 0 aliphatic heterocycles. The first kappa shape index (κ1) is 10.2. The molecule has 0 saturated carbocycles. The van der Waals surface area contributed by atoms with E-state index in [-0.39, 0.29) is 0 Å². The van der Waals surface area contributed by atoms with Crippen LogP contribution in [0.25, 0.3) is 0 Å². The summed E-state index contributed by atoms with van der Waals surface area (Å²) in [6.07, 6.45) is -5.79. The fraction of sp³-hybridized carbons (Fsp3) is 0.800. The molecule has 66 valence electrons. The quantitative estimate of drug-likeness (QED) is 0.654. The Balaban J connectivity index is 3.99. The summed E-state index contributed by atoms with van der Waals surface area (Å²) in [7, 11) is 1.17. The Morgan fingerprint density at radius 3 is 2.18 bits per heavy atom. The average molecular weight is 171 g/mol. The number of nitrogens with one attached hydrogen (secondary N) is 1. The summed E-state index contributed by atoms with van der Waals surface area (Å²) < 4.78 is 34.6. The number of likely N-dealkylation sites (N-methyl/N-ethyl adjacent to an activating group) is 1. The van der Waals surface area contributed by atoms with Crippen LogP contribution in [0.5, 0.6) is 0 Å².